The van der Waals surface area contributed by atoms with Gasteiger partial charge in [0.25, 0.3) is 11.8 Å². The standard InChI is InChI=1S/C21H21F2N3O4S/c1-10-5-11(2)31-16-9-25-8-14(18(27)19(28)17(25)21(30)26(10)16)20(29)24-7-12-3-4-13(22)6-15(12)23/h3-4,6,8,10-11,16,28H,5,7,9H2,1-2H3,(H,24,29). The Labute approximate surface area is 181 Å². The van der Waals surface area contributed by atoms with Crippen molar-refractivity contribution in [1.82, 2.24) is 14.8 Å². The smallest absolute Gasteiger partial charge is 0.275 e. The molecule has 164 valence electrons. The molecule has 3 unspecified atom stereocenters. The fraction of sp³-hybridized carbons (Fsp3) is 0.381. The molecule has 2 aliphatic rings. The van der Waals surface area contributed by atoms with Crippen molar-refractivity contribution in [3.63, 3.8) is 0 Å². The number of hydrogen-bond acceptors (Lipinski definition) is 5. The summed E-state index contributed by atoms with van der Waals surface area (Å²) in [6, 6.07) is 2.91. The van der Waals surface area contributed by atoms with E-state index in [9.17, 15) is 28.3 Å². The molecule has 0 spiro atoms. The zero-order valence-corrected chi connectivity index (χ0v) is 17.7. The van der Waals surface area contributed by atoms with E-state index in [1.165, 1.54) is 16.8 Å². The van der Waals surface area contributed by atoms with E-state index in [-0.39, 0.29) is 34.8 Å². The molecule has 0 bridgehead atoms. The van der Waals surface area contributed by atoms with Gasteiger partial charge in [0.2, 0.25) is 5.43 Å². The first-order valence-electron chi connectivity index (χ1n) is 9.84. The third-order valence-corrected chi connectivity index (χ3v) is 6.94. The lowest BCUT2D eigenvalue weighted by Gasteiger charge is -2.46. The van der Waals surface area contributed by atoms with Crippen LogP contribution < -0.4 is 10.7 Å². The van der Waals surface area contributed by atoms with Gasteiger partial charge < -0.3 is 19.9 Å². The molecule has 10 heteroatoms. The Morgan fingerprint density at radius 3 is 2.74 bits per heavy atom. The fourth-order valence-corrected chi connectivity index (χ4v) is 5.74. The topological polar surface area (TPSA) is 91.6 Å². The second kappa shape index (κ2) is 7.99. The van der Waals surface area contributed by atoms with Crippen LogP contribution >= 0.6 is 11.8 Å². The van der Waals surface area contributed by atoms with Crippen molar-refractivity contribution in [3.8, 4) is 5.75 Å². The van der Waals surface area contributed by atoms with Crippen molar-refractivity contribution in [3.05, 3.63) is 63.1 Å². The third kappa shape index (κ3) is 3.80. The van der Waals surface area contributed by atoms with Crippen LogP contribution in [-0.2, 0) is 13.1 Å². The lowest BCUT2D eigenvalue weighted by Crippen LogP contribution is -2.55. The van der Waals surface area contributed by atoms with Crippen molar-refractivity contribution in [2.24, 2.45) is 0 Å². The van der Waals surface area contributed by atoms with Crippen LogP contribution in [0, 0.1) is 11.6 Å². The average Bonchev–Trinajstić information content (AvgIpc) is 2.69. The summed E-state index contributed by atoms with van der Waals surface area (Å²) in [6.07, 6.45) is 2.06. The number of carbonyl (C=O) groups is 2. The Morgan fingerprint density at radius 1 is 1.29 bits per heavy atom. The van der Waals surface area contributed by atoms with Gasteiger partial charge in [-0.2, -0.15) is 0 Å². The summed E-state index contributed by atoms with van der Waals surface area (Å²) in [5, 5.41) is 13.0. The van der Waals surface area contributed by atoms with Gasteiger partial charge in [-0.25, -0.2) is 8.78 Å². The van der Waals surface area contributed by atoms with E-state index < -0.39 is 34.6 Å². The molecule has 3 atom stereocenters. The molecule has 1 saturated heterocycles. The molecular formula is C21H21F2N3O4S. The van der Waals surface area contributed by atoms with Crippen LogP contribution in [0.1, 0.15) is 46.7 Å². The number of amides is 2. The van der Waals surface area contributed by atoms with Gasteiger partial charge in [0, 0.05) is 35.7 Å². The predicted molar refractivity (Wildman–Crippen MR) is 111 cm³/mol. The van der Waals surface area contributed by atoms with E-state index in [1.54, 1.807) is 16.7 Å². The largest absolute Gasteiger partial charge is 0.503 e. The van der Waals surface area contributed by atoms with Gasteiger partial charge in [-0.1, -0.05) is 13.0 Å². The van der Waals surface area contributed by atoms with Crippen LogP contribution in [0.5, 0.6) is 5.75 Å². The monoisotopic (exact) mass is 449 g/mol. The van der Waals surface area contributed by atoms with E-state index in [1.807, 2.05) is 6.92 Å². The molecule has 1 fully saturated rings. The molecule has 2 aliphatic heterocycles. The molecule has 1 aromatic heterocycles. The molecule has 7 nitrogen and oxygen atoms in total. The highest BCUT2D eigenvalue weighted by molar-refractivity contribution is 8.00. The lowest BCUT2D eigenvalue weighted by atomic mass is 10.1. The Morgan fingerprint density at radius 2 is 2.03 bits per heavy atom. The van der Waals surface area contributed by atoms with Gasteiger partial charge in [0.15, 0.2) is 11.4 Å². The second-order valence-corrected chi connectivity index (χ2v) is 9.46. The molecule has 0 saturated carbocycles. The molecular weight excluding hydrogens is 428 g/mol. The SMILES string of the molecule is CC1CC(C)N2C(=O)c3c(O)c(=O)c(C(=O)NCc4ccc(F)cc4F)cn3CC2S1. The van der Waals surface area contributed by atoms with Crippen LogP contribution in [-0.4, -0.2) is 43.1 Å². The van der Waals surface area contributed by atoms with Crippen LogP contribution in [0.15, 0.2) is 29.2 Å². The Kier molecular flexibility index (Phi) is 5.50. The molecule has 0 aliphatic carbocycles. The van der Waals surface area contributed by atoms with Crippen molar-refractivity contribution in [2.75, 3.05) is 0 Å². The van der Waals surface area contributed by atoms with Gasteiger partial charge in [-0.15, -0.1) is 11.8 Å². The maximum absolute atomic E-state index is 13.8. The first-order valence-corrected chi connectivity index (χ1v) is 10.8. The van der Waals surface area contributed by atoms with Crippen LogP contribution in [0.3, 0.4) is 0 Å². The van der Waals surface area contributed by atoms with E-state index in [0.717, 1.165) is 12.5 Å². The first-order chi connectivity index (χ1) is 14.7. The molecule has 3 heterocycles. The van der Waals surface area contributed by atoms with Crippen molar-refractivity contribution in [1.29, 1.82) is 0 Å². The number of aromatic nitrogens is 1. The van der Waals surface area contributed by atoms with Crippen LogP contribution in [0.2, 0.25) is 0 Å². The first kappa shape index (κ1) is 21.4. The number of pyridine rings is 1. The number of rotatable bonds is 3. The lowest BCUT2D eigenvalue weighted by molar-refractivity contribution is 0.0564. The second-order valence-electron chi connectivity index (χ2n) is 7.84. The maximum Gasteiger partial charge on any atom is 0.275 e. The zero-order valence-electron chi connectivity index (χ0n) is 16.9. The van der Waals surface area contributed by atoms with Crippen molar-refractivity contribution >= 4 is 23.6 Å². The minimum Gasteiger partial charge on any atom is -0.503 e. The van der Waals surface area contributed by atoms with Crippen LogP contribution in [0.4, 0.5) is 8.78 Å². The van der Waals surface area contributed by atoms with E-state index in [2.05, 4.69) is 12.2 Å². The number of hydrogen-bond donors (Lipinski definition) is 2. The summed E-state index contributed by atoms with van der Waals surface area (Å²) in [5.74, 6) is -3.62. The summed E-state index contributed by atoms with van der Waals surface area (Å²) in [5.41, 5.74) is -1.42. The quantitative estimate of drug-likeness (QED) is 0.751. The van der Waals surface area contributed by atoms with Gasteiger partial charge in [0.05, 0.1) is 11.9 Å². The number of benzene rings is 1. The summed E-state index contributed by atoms with van der Waals surface area (Å²) in [4.78, 5) is 39.9. The van der Waals surface area contributed by atoms with Gasteiger partial charge >= 0.3 is 0 Å². The number of halogens is 2. The summed E-state index contributed by atoms with van der Waals surface area (Å²) < 4.78 is 28.3. The molecule has 31 heavy (non-hydrogen) atoms. The number of nitrogens with one attached hydrogen (secondary N) is 1. The van der Waals surface area contributed by atoms with E-state index in [0.29, 0.717) is 17.9 Å². The molecule has 0 radical (unpaired) electrons. The highest BCUT2D eigenvalue weighted by Crippen LogP contribution is 2.38. The summed E-state index contributed by atoms with van der Waals surface area (Å²) in [7, 11) is 0. The van der Waals surface area contributed by atoms with Gasteiger partial charge in [-0.3, -0.25) is 14.4 Å². The normalized spacial score (nSPS) is 22.6. The predicted octanol–water partition coefficient (Wildman–Crippen LogP) is 2.46. The molecule has 4 rings (SSSR count). The van der Waals surface area contributed by atoms with Gasteiger partial charge in [0.1, 0.15) is 17.2 Å². The highest BCUT2D eigenvalue weighted by Gasteiger charge is 2.42. The minimum absolute atomic E-state index is 0.0365. The van der Waals surface area contributed by atoms with Crippen molar-refractivity contribution < 1.29 is 23.5 Å². The summed E-state index contributed by atoms with van der Waals surface area (Å²) in [6.45, 7) is 4.06. The maximum atomic E-state index is 13.8. The highest BCUT2D eigenvalue weighted by atomic mass is 32.2. The number of aromatic hydroxyl groups is 1. The zero-order chi connectivity index (χ0) is 22.4. The molecule has 2 amide bonds. The third-order valence-electron chi connectivity index (χ3n) is 5.59. The summed E-state index contributed by atoms with van der Waals surface area (Å²) >= 11 is 1.63. The number of nitrogens with zero attached hydrogens (tertiary/aromatic N) is 2. The molecule has 2 N–H and O–H groups in total. The Hall–Kier alpha value is -2.88. The van der Waals surface area contributed by atoms with Crippen molar-refractivity contribution in [2.45, 2.75) is 50.0 Å². The Bertz CT molecular complexity index is 1140. The molecule has 2 aromatic rings. The minimum atomic E-state index is -0.971. The molecule has 1 aromatic carbocycles. The van der Waals surface area contributed by atoms with Crippen LogP contribution in [0.25, 0.3) is 0 Å². The number of fused-ring (bicyclic) bond motifs is 2. The number of thioether (sulfide) groups is 1. The average molecular weight is 449 g/mol. The fourth-order valence-electron chi connectivity index (χ4n) is 4.14. The Balaban J connectivity index is 1.63. The van der Waals surface area contributed by atoms with E-state index in [4.69, 9.17) is 0 Å². The number of carbonyl (C=O) groups excluding carboxylic acids is 2. The van der Waals surface area contributed by atoms with E-state index >= 15 is 0 Å². The van der Waals surface area contributed by atoms with Gasteiger partial charge in [-0.05, 0) is 19.4 Å².